The van der Waals surface area contributed by atoms with Crippen LogP contribution in [0.5, 0.6) is 28.7 Å². The zero-order chi connectivity index (χ0) is 24.7. The first-order valence-electron chi connectivity index (χ1n) is 11.7. The van der Waals surface area contributed by atoms with Crippen LogP contribution in [0.2, 0.25) is 0 Å². The van der Waals surface area contributed by atoms with E-state index in [9.17, 15) is 5.26 Å². The fourth-order valence-corrected chi connectivity index (χ4v) is 4.71. The summed E-state index contributed by atoms with van der Waals surface area (Å²) in [5.74, 6) is 3.17. The van der Waals surface area contributed by atoms with E-state index in [0.717, 1.165) is 29.9 Å². The lowest BCUT2D eigenvalue weighted by Gasteiger charge is -2.34. The highest BCUT2D eigenvalue weighted by Crippen LogP contribution is 2.48. The van der Waals surface area contributed by atoms with Gasteiger partial charge in [-0.1, -0.05) is 26.0 Å². The summed E-state index contributed by atoms with van der Waals surface area (Å²) in [6, 6.07) is 14.0. The molecule has 7 heteroatoms. The molecule has 2 N–H and O–H groups in total. The van der Waals surface area contributed by atoms with Crippen LogP contribution in [-0.4, -0.2) is 40.1 Å². The zero-order valence-electron chi connectivity index (χ0n) is 20.8. The van der Waals surface area contributed by atoms with E-state index in [0.29, 0.717) is 36.7 Å². The van der Waals surface area contributed by atoms with Gasteiger partial charge >= 0.3 is 0 Å². The van der Waals surface area contributed by atoms with Crippen molar-refractivity contribution in [3.05, 3.63) is 42.0 Å². The van der Waals surface area contributed by atoms with Gasteiger partial charge in [0.1, 0.15) is 12.7 Å². The molecule has 1 aliphatic heterocycles. The number of methoxy groups -OCH3 is 3. The third-order valence-corrected chi connectivity index (χ3v) is 6.65. The molecule has 1 aliphatic rings. The number of nitriles is 1. The Hall–Kier alpha value is -3.11. The minimum absolute atomic E-state index is 0.0484. The molecule has 0 aromatic heterocycles. The molecule has 3 unspecified atom stereocenters. The lowest BCUT2D eigenvalue weighted by atomic mass is 9.69. The molecule has 0 radical (unpaired) electrons. The van der Waals surface area contributed by atoms with Gasteiger partial charge in [-0.2, -0.15) is 5.26 Å². The topological polar surface area (TPSA) is 96.0 Å². The molecule has 7 nitrogen and oxygen atoms in total. The van der Waals surface area contributed by atoms with Gasteiger partial charge in [-0.25, -0.2) is 0 Å². The Morgan fingerprint density at radius 3 is 2.38 bits per heavy atom. The summed E-state index contributed by atoms with van der Waals surface area (Å²) in [7, 11) is 4.74. The Kier molecular flexibility index (Phi) is 8.51. The Balaban J connectivity index is 1.70. The third kappa shape index (κ3) is 5.18. The van der Waals surface area contributed by atoms with Gasteiger partial charge in [0, 0.05) is 18.0 Å². The number of nitrogens with zero attached hydrogens (tertiary/aromatic N) is 1. The molecule has 0 amide bonds. The van der Waals surface area contributed by atoms with Crippen molar-refractivity contribution >= 4 is 0 Å². The molecule has 2 aromatic carbocycles. The molecule has 0 aliphatic carbocycles. The minimum Gasteiger partial charge on any atom is -0.493 e. The smallest absolute Gasteiger partial charge is 0.203 e. The predicted octanol–water partition coefficient (Wildman–Crippen LogP) is 4.86. The summed E-state index contributed by atoms with van der Waals surface area (Å²) < 4.78 is 28.6. The van der Waals surface area contributed by atoms with Crippen LogP contribution in [0.15, 0.2) is 36.4 Å². The van der Waals surface area contributed by atoms with Gasteiger partial charge in [0.15, 0.2) is 23.0 Å². The molecule has 34 heavy (non-hydrogen) atoms. The molecular weight excluding hydrogens is 432 g/mol. The van der Waals surface area contributed by atoms with Crippen molar-refractivity contribution in [1.82, 2.24) is 0 Å². The standard InChI is InChI=1S/C27H36N2O5/c1-18(2)27(17-28,21-12-13-24(30-3)26(32-5)25(21)31-4)14-8-9-19(29)15-20-16-33-22-10-6-7-11-23(22)34-20/h6-7,10-13,18-20H,8-9,14-16,29H2,1-5H3. The van der Waals surface area contributed by atoms with Gasteiger partial charge in [0.25, 0.3) is 0 Å². The lowest BCUT2D eigenvalue weighted by molar-refractivity contribution is 0.0788. The molecule has 0 fully saturated rings. The fourth-order valence-electron chi connectivity index (χ4n) is 4.71. The monoisotopic (exact) mass is 468 g/mol. The third-order valence-electron chi connectivity index (χ3n) is 6.65. The van der Waals surface area contributed by atoms with Gasteiger partial charge in [-0.15, -0.1) is 0 Å². The van der Waals surface area contributed by atoms with Crippen LogP contribution in [0, 0.1) is 17.2 Å². The largest absolute Gasteiger partial charge is 0.493 e. The minimum atomic E-state index is -0.756. The summed E-state index contributed by atoms with van der Waals surface area (Å²) in [6.45, 7) is 4.61. The van der Waals surface area contributed by atoms with E-state index >= 15 is 0 Å². The van der Waals surface area contributed by atoms with Gasteiger partial charge in [0.2, 0.25) is 5.75 Å². The summed E-state index contributed by atoms with van der Waals surface area (Å²) in [5.41, 5.74) is 6.52. The van der Waals surface area contributed by atoms with Crippen LogP contribution in [0.1, 0.15) is 45.1 Å². The number of ether oxygens (including phenoxy) is 5. The molecule has 184 valence electrons. The van der Waals surface area contributed by atoms with Crippen molar-refractivity contribution in [2.75, 3.05) is 27.9 Å². The number of para-hydroxylation sites is 2. The van der Waals surface area contributed by atoms with Crippen LogP contribution in [0.4, 0.5) is 0 Å². The van der Waals surface area contributed by atoms with Crippen molar-refractivity contribution in [2.45, 2.75) is 57.1 Å². The van der Waals surface area contributed by atoms with E-state index < -0.39 is 5.41 Å². The average Bonchev–Trinajstić information content (AvgIpc) is 2.85. The Bertz CT molecular complexity index is 1000. The second-order valence-corrected chi connectivity index (χ2v) is 9.01. The number of rotatable bonds is 11. The molecule has 0 bridgehead atoms. The molecular formula is C27H36N2O5. The highest BCUT2D eigenvalue weighted by Gasteiger charge is 2.40. The molecule has 0 saturated carbocycles. The molecule has 1 heterocycles. The van der Waals surface area contributed by atoms with Gasteiger partial charge in [-0.05, 0) is 49.4 Å². The first-order valence-corrected chi connectivity index (χ1v) is 11.7. The Morgan fingerprint density at radius 2 is 1.76 bits per heavy atom. The van der Waals surface area contributed by atoms with Gasteiger partial charge in [0.05, 0.1) is 32.8 Å². The highest BCUT2D eigenvalue weighted by atomic mass is 16.6. The first-order chi connectivity index (χ1) is 16.4. The van der Waals surface area contributed by atoms with E-state index in [-0.39, 0.29) is 18.1 Å². The average molecular weight is 469 g/mol. The summed E-state index contributed by atoms with van der Waals surface area (Å²) in [6.07, 6.45) is 2.81. The van der Waals surface area contributed by atoms with Crippen LogP contribution in [-0.2, 0) is 5.41 Å². The van der Waals surface area contributed by atoms with Crippen molar-refractivity contribution in [3.63, 3.8) is 0 Å². The normalized spacial score (nSPS) is 17.4. The molecule has 2 aromatic rings. The van der Waals surface area contributed by atoms with Crippen LogP contribution in [0.3, 0.4) is 0 Å². The molecule has 0 spiro atoms. The number of hydrogen-bond donors (Lipinski definition) is 1. The maximum absolute atomic E-state index is 10.4. The van der Waals surface area contributed by atoms with E-state index in [1.165, 1.54) is 0 Å². The van der Waals surface area contributed by atoms with Gasteiger partial charge in [-0.3, -0.25) is 0 Å². The number of benzene rings is 2. The number of fused-ring (bicyclic) bond motifs is 1. The summed E-state index contributed by atoms with van der Waals surface area (Å²) >= 11 is 0. The van der Waals surface area contributed by atoms with Crippen LogP contribution >= 0.6 is 0 Å². The first kappa shape index (κ1) is 25.5. The fraction of sp³-hybridized carbons (Fsp3) is 0.519. The van der Waals surface area contributed by atoms with Gasteiger partial charge < -0.3 is 29.4 Å². The molecule has 3 atom stereocenters. The quantitative estimate of drug-likeness (QED) is 0.503. The SMILES string of the molecule is COc1ccc(C(C#N)(CCCC(N)CC2COc3ccccc3O2)C(C)C)c(OC)c1OC. The van der Waals surface area contributed by atoms with Crippen LogP contribution < -0.4 is 29.4 Å². The van der Waals surface area contributed by atoms with Crippen molar-refractivity contribution in [3.8, 4) is 34.8 Å². The Labute approximate surface area is 202 Å². The molecule has 3 rings (SSSR count). The predicted molar refractivity (Wildman–Crippen MR) is 131 cm³/mol. The zero-order valence-corrected chi connectivity index (χ0v) is 20.8. The van der Waals surface area contributed by atoms with Crippen molar-refractivity contribution in [2.24, 2.45) is 11.7 Å². The van der Waals surface area contributed by atoms with E-state index in [1.807, 2.05) is 36.4 Å². The van der Waals surface area contributed by atoms with Crippen molar-refractivity contribution < 1.29 is 23.7 Å². The maximum atomic E-state index is 10.4. The van der Waals surface area contributed by atoms with E-state index in [4.69, 9.17) is 29.4 Å². The maximum Gasteiger partial charge on any atom is 0.203 e. The van der Waals surface area contributed by atoms with Crippen molar-refractivity contribution in [1.29, 1.82) is 5.26 Å². The second kappa shape index (κ2) is 11.3. The Morgan fingerprint density at radius 1 is 1.06 bits per heavy atom. The highest BCUT2D eigenvalue weighted by molar-refractivity contribution is 5.59. The summed E-state index contributed by atoms with van der Waals surface area (Å²) in [4.78, 5) is 0. The number of hydrogen-bond acceptors (Lipinski definition) is 7. The van der Waals surface area contributed by atoms with Crippen LogP contribution in [0.25, 0.3) is 0 Å². The lowest BCUT2D eigenvalue weighted by Crippen LogP contribution is -2.36. The van der Waals surface area contributed by atoms with E-state index in [2.05, 4.69) is 19.9 Å². The second-order valence-electron chi connectivity index (χ2n) is 9.01. The van der Waals surface area contributed by atoms with E-state index in [1.54, 1.807) is 21.3 Å². The summed E-state index contributed by atoms with van der Waals surface area (Å²) in [5, 5.41) is 10.4. The number of nitrogens with two attached hydrogens (primary N) is 1. The molecule has 0 saturated heterocycles.